The highest BCUT2D eigenvalue weighted by atomic mass is 16.5. The minimum atomic E-state index is -0.0239. The Morgan fingerprint density at radius 3 is 2.72 bits per heavy atom. The van der Waals surface area contributed by atoms with Gasteiger partial charge in [0, 0.05) is 43.1 Å². The summed E-state index contributed by atoms with van der Waals surface area (Å²) in [5.41, 5.74) is 1.29. The van der Waals surface area contributed by atoms with Crippen LogP contribution in [0.1, 0.15) is 73.4 Å². The maximum Gasteiger partial charge on any atom is 0.253 e. The van der Waals surface area contributed by atoms with Crippen LogP contribution in [0.2, 0.25) is 0 Å². The van der Waals surface area contributed by atoms with Crippen LogP contribution in [0.5, 0.6) is 0 Å². The summed E-state index contributed by atoms with van der Waals surface area (Å²) in [6.45, 7) is 3.42. The summed E-state index contributed by atoms with van der Waals surface area (Å²) in [5, 5.41) is 6.98. The fourth-order valence-electron chi connectivity index (χ4n) is 3.81. The summed E-state index contributed by atoms with van der Waals surface area (Å²) in [7, 11) is 0. The number of nitrogens with one attached hydrogen (secondary N) is 1. The van der Waals surface area contributed by atoms with Crippen LogP contribution in [0.3, 0.4) is 0 Å². The number of likely N-dealkylation sites (tertiary alicyclic amines) is 1. The Labute approximate surface area is 170 Å². The van der Waals surface area contributed by atoms with E-state index in [1.807, 2.05) is 30.0 Å². The van der Waals surface area contributed by atoms with Gasteiger partial charge in [-0.25, -0.2) is 0 Å². The standard InChI is InChI=1S/C22H28N4O3/c1-2-4-20(27)23-18-6-3-5-17(14-18)22(28)26-11-9-15(10-12-26)13-19-24-21(29-25-19)16-7-8-16/h3,5-6,14-16H,2,4,7-13H2,1H3,(H,23,27). The fraction of sp³-hybridized carbons (Fsp3) is 0.545. The summed E-state index contributed by atoms with van der Waals surface area (Å²) in [4.78, 5) is 31.1. The molecule has 0 unspecified atom stereocenters. The number of carbonyl (C=O) groups is 2. The monoisotopic (exact) mass is 396 g/mol. The number of hydrogen-bond acceptors (Lipinski definition) is 5. The molecule has 2 aromatic rings. The van der Waals surface area contributed by atoms with E-state index >= 15 is 0 Å². The second kappa shape index (κ2) is 8.76. The molecular weight excluding hydrogens is 368 g/mol. The maximum atomic E-state index is 12.9. The van der Waals surface area contributed by atoms with Crippen molar-refractivity contribution in [1.82, 2.24) is 15.0 Å². The minimum Gasteiger partial charge on any atom is -0.339 e. The van der Waals surface area contributed by atoms with Crippen LogP contribution in [-0.4, -0.2) is 39.9 Å². The third-order valence-corrected chi connectivity index (χ3v) is 5.65. The van der Waals surface area contributed by atoms with Crippen molar-refractivity contribution in [2.45, 2.75) is 57.8 Å². The van der Waals surface area contributed by atoms with E-state index in [2.05, 4.69) is 15.5 Å². The molecule has 1 aromatic heterocycles. The van der Waals surface area contributed by atoms with Crippen LogP contribution in [-0.2, 0) is 11.2 Å². The summed E-state index contributed by atoms with van der Waals surface area (Å²) in [5.74, 6) is 2.54. The largest absolute Gasteiger partial charge is 0.339 e. The maximum absolute atomic E-state index is 12.9. The minimum absolute atomic E-state index is 0.0191. The number of rotatable bonds is 7. The first-order valence-electron chi connectivity index (χ1n) is 10.6. The Balaban J connectivity index is 1.29. The Morgan fingerprint density at radius 1 is 1.21 bits per heavy atom. The van der Waals surface area contributed by atoms with Gasteiger partial charge in [0.25, 0.3) is 5.91 Å². The van der Waals surface area contributed by atoms with Gasteiger partial charge in [0.05, 0.1) is 0 Å². The molecule has 1 aliphatic carbocycles. The second-order valence-electron chi connectivity index (χ2n) is 8.14. The van der Waals surface area contributed by atoms with Crippen LogP contribution in [0.4, 0.5) is 5.69 Å². The molecular formula is C22H28N4O3. The van der Waals surface area contributed by atoms with E-state index in [0.717, 1.165) is 63.3 Å². The molecule has 1 aliphatic heterocycles. The van der Waals surface area contributed by atoms with Crippen molar-refractivity contribution < 1.29 is 14.1 Å². The number of carbonyl (C=O) groups excluding carboxylic acids is 2. The Hall–Kier alpha value is -2.70. The number of piperidine rings is 1. The number of nitrogens with zero attached hydrogens (tertiary/aromatic N) is 3. The molecule has 2 fully saturated rings. The molecule has 4 rings (SSSR count). The molecule has 2 amide bonds. The zero-order valence-corrected chi connectivity index (χ0v) is 16.9. The molecule has 154 valence electrons. The molecule has 1 saturated carbocycles. The van der Waals surface area contributed by atoms with E-state index in [0.29, 0.717) is 29.5 Å². The highest BCUT2D eigenvalue weighted by Gasteiger charge is 2.30. The van der Waals surface area contributed by atoms with Gasteiger partial charge in [0.15, 0.2) is 5.82 Å². The van der Waals surface area contributed by atoms with Crippen molar-refractivity contribution in [2.24, 2.45) is 5.92 Å². The van der Waals surface area contributed by atoms with Crippen molar-refractivity contribution in [3.63, 3.8) is 0 Å². The van der Waals surface area contributed by atoms with Crippen LogP contribution in [0.25, 0.3) is 0 Å². The van der Waals surface area contributed by atoms with Gasteiger partial charge in [-0.3, -0.25) is 9.59 Å². The van der Waals surface area contributed by atoms with Crippen molar-refractivity contribution >= 4 is 17.5 Å². The van der Waals surface area contributed by atoms with Crippen LogP contribution in [0.15, 0.2) is 28.8 Å². The molecule has 0 spiro atoms. The molecule has 0 bridgehead atoms. The van der Waals surface area contributed by atoms with Crippen molar-refractivity contribution in [1.29, 1.82) is 0 Å². The van der Waals surface area contributed by atoms with Gasteiger partial charge in [-0.05, 0) is 56.2 Å². The first-order chi connectivity index (χ1) is 14.1. The van der Waals surface area contributed by atoms with Gasteiger partial charge in [-0.15, -0.1) is 0 Å². The zero-order valence-electron chi connectivity index (χ0n) is 16.9. The smallest absolute Gasteiger partial charge is 0.253 e. The van der Waals surface area contributed by atoms with Gasteiger partial charge in [-0.2, -0.15) is 4.98 Å². The second-order valence-corrected chi connectivity index (χ2v) is 8.14. The number of amides is 2. The lowest BCUT2D eigenvalue weighted by Gasteiger charge is -2.31. The van der Waals surface area contributed by atoms with Gasteiger partial charge in [0.2, 0.25) is 11.8 Å². The van der Waals surface area contributed by atoms with Gasteiger partial charge < -0.3 is 14.7 Å². The van der Waals surface area contributed by atoms with E-state index < -0.39 is 0 Å². The number of hydrogen-bond donors (Lipinski definition) is 1. The first-order valence-corrected chi connectivity index (χ1v) is 10.6. The molecule has 1 N–H and O–H groups in total. The average Bonchev–Trinajstić information content (AvgIpc) is 3.48. The predicted molar refractivity (Wildman–Crippen MR) is 109 cm³/mol. The molecule has 7 heteroatoms. The van der Waals surface area contributed by atoms with Crippen LogP contribution >= 0.6 is 0 Å². The fourth-order valence-corrected chi connectivity index (χ4v) is 3.81. The lowest BCUT2D eigenvalue weighted by atomic mass is 9.93. The molecule has 1 saturated heterocycles. The third kappa shape index (κ3) is 5.02. The zero-order chi connectivity index (χ0) is 20.2. The summed E-state index contributed by atoms with van der Waals surface area (Å²) < 4.78 is 5.35. The molecule has 2 heterocycles. The van der Waals surface area contributed by atoms with Crippen molar-refractivity contribution in [3.05, 3.63) is 41.5 Å². The predicted octanol–water partition coefficient (Wildman–Crippen LogP) is 3.78. The van der Waals surface area contributed by atoms with Gasteiger partial charge >= 0.3 is 0 Å². The molecule has 7 nitrogen and oxygen atoms in total. The van der Waals surface area contributed by atoms with E-state index in [1.54, 1.807) is 6.07 Å². The van der Waals surface area contributed by atoms with Crippen LogP contribution < -0.4 is 5.32 Å². The van der Waals surface area contributed by atoms with Gasteiger partial charge in [0.1, 0.15) is 0 Å². The topological polar surface area (TPSA) is 88.3 Å². The van der Waals surface area contributed by atoms with Crippen molar-refractivity contribution in [2.75, 3.05) is 18.4 Å². The lowest BCUT2D eigenvalue weighted by molar-refractivity contribution is -0.116. The lowest BCUT2D eigenvalue weighted by Crippen LogP contribution is -2.39. The molecule has 0 radical (unpaired) electrons. The Kier molecular flexibility index (Phi) is 5.92. The molecule has 29 heavy (non-hydrogen) atoms. The Morgan fingerprint density at radius 2 is 2.00 bits per heavy atom. The number of benzene rings is 1. The molecule has 2 aliphatic rings. The quantitative estimate of drug-likeness (QED) is 0.769. The van der Waals surface area contributed by atoms with E-state index in [-0.39, 0.29) is 11.8 Å². The third-order valence-electron chi connectivity index (χ3n) is 5.65. The van der Waals surface area contributed by atoms with Gasteiger partial charge in [-0.1, -0.05) is 18.1 Å². The average molecular weight is 396 g/mol. The highest BCUT2D eigenvalue weighted by molar-refractivity contribution is 5.97. The summed E-state index contributed by atoms with van der Waals surface area (Å²) >= 11 is 0. The van der Waals surface area contributed by atoms with E-state index in [4.69, 9.17) is 4.52 Å². The SMILES string of the molecule is CCCC(=O)Nc1cccc(C(=O)N2CCC(Cc3noc(C4CC4)n3)CC2)c1. The normalized spacial score (nSPS) is 17.3. The highest BCUT2D eigenvalue weighted by Crippen LogP contribution is 2.39. The summed E-state index contributed by atoms with van der Waals surface area (Å²) in [6.07, 6.45) is 6.28. The first kappa shape index (κ1) is 19.6. The van der Waals surface area contributed by atoms with E-state index in [1.165, 1.54) is 0 Å². The van der Waals surface area contributed by atoms with E-state index in [9.17, 15) is 9.59 Å². The number of aromatic nitrogens is 2. The van der Waals surface area contributed by atoms with Crippen LogP contribution in [0, 0.1) is 5.92 Å². The summed E-state index contributed by atoms with van der Waals surface area (Å²) in [6, 6.07) is 7.20. The number of anilines is 1. The molecule has 1 aromatic carbocycles. The molecule has 0 atom stereocenters. The van der Waals surface area contributed by atoms with Crippen molar-refractivity contribution in [3.8, 4) is 0 Å². The Bertz CT molecular complexity index is 866.